The van der Waals surface area contributed by atoms with E-state index < -0.39 is 0 Å². The SMILES string of the molecule is C/C=C/C(=O)N(C)CCC(N)C(C)C. The maximum atomic E-state index is 11.3. The van der Waals surface area contributed by atoms with E-state index in [-0.39, 0.29) is 11.9 Å². The Bertz CT molecular complexity index is 199. The molecule has 0 aliphatic heterocycles. The number of carbonyl (C=O) groups excluding carboxylic acids is 1. The van der Waals surface area contributed by atoms with Gasteiger partial charge in [0.25, 0.3) is 0 Å². The van der Waals surface area contributed by atoms with Crippen molar-refractivity contribution in [1.29, 1.82) is 0 Å². The van der Waals surface area contributed by atoms with Crippen LogP contribution in [-0.4, -0.2) is 30.4 Å². The van der Waals surface area contributed by atoms with Gasteiger partial charge in [-0.05, 0) is 25.3 Å². The van der Waals surface area contributed by atoms with E-state index in [2.05, 4.69) is 13.8 Å². The second kappa shape index (κ2) is 6.60. The molecule has 2 N–H and O–H groups in total. The number of carbonyl (C=O) groups is 1. The Balaban J connectivity index is 3.84. The van der Waals surface area contributed by atoms with E-state index in [9.17, 15) is 4.79 Å². The smallest absolute Gasteiger partial charge is 0.245 e. The molecule has 0 bridgehead atoms. The second-order valence-corrected chi connectivity index (χ2v) is 3.96. The zero-order valence-corrected chi connectivity index (χ0v) is 9.66. The van der Waals surface area contributed by atoms with Crippen molar-refractivity contribution in [3.8, 4) is 0 Å². The van der Waals surface area contributed by atoms with Crippen molar-refractivity contribution < 1.29 is 4.79 Å². The van der Waals surface area contributed by atoms with Gasteiger partial charge in [-0.25, -0.2) is 0 Å². The maximum absolute atomic E-state index is 11.3. The van der Waals surface area contributed by atoms with Gasteiger partial charge in [-0.1, -0.05) is 19.9 Å². The van der Waals surface area contributed by atoms with Gasteiger partial charge >= 0.3 is 0 Å². The van der Waals surface area contributed by atoms with E-state index in [4.69, 9.17) is 5.73 Å². The summed E-state index contributed by atoms with van der Waals surface area (Å²) in [6.45, 7) is 6.75. The Morgan fingerprint density at radius 2 is 2.07 bits per heavy atom. The standard InChI is InChI=1S/C11H22N2O/c1-5-6-11(14)13(4)8-7-10(12)9(2)3/h5-6,9-10H,7-8,12H2,1-4H3/b6-5+. The van der Waals surface area contributed by atoms with Gasteiger partial charge in [0.05, 0.1) is 0 Å². The van der Waals surface area contributed by atoms with Crippen LogP contribution in [0.1, 0.15) is 27.2 Å². The molecule has 0 aromatic carbocycles. The van der Waals surface area contributed by atoms with Gasteiger partial charge in [-0.15, -0.1) is 0 Å². The highest BCUT2D eigenvalue weighted by atomic mass is 16.2. The quantitative estimate of drug-likeness (QED) is 0.679. The van der Waals surface area contributed by atoms with Gasteiger partial charge in [0, 0.05) is 19.6 Å². The van der Waals surface area contributed by atoms with Crippen LogP contribution in [0.3, 0.4) is 0 Å². The van der Waals surface area contributed by atoms with Gasteiger partial charge in [0.2, 0.25) is 5.91 Å². The zero-order chi connectivity index (χ0) is 11.1. The molecule has 1 atom stereocenters. The number of nitrogens with two attached hydrogens (primary N) is 1. The summed E-state index contributed by atoms with van der Waals surface area (Å²) in [6, 6.07) is 0.177. The van der Waals surface area contributed by atoms with Crippen LogP contribution in [0.15, 0.2) is 12.2 Å². The third kappa shape index (κ3) is 5.02. The Morgan fingerprint density at radius 3 is 2.50 bits per heavy atom. The Kier molecular flexibility index (Phi) is 6.21. The maximum Gasteiger partial charge on any atom is 0.245 e. The summed E-state index contributed by atoms with van der Waals surface area (Å²) in [6.07, 6.45) is 4.18. The van der Waals surface area contributed by atoms with Crippen LogP contribution in [-0.2, 0) is 4.79 Å². The number of allylic oxidation sites excluding steroid dienone is 1. The minimum atomic E-state index is 0.0449. The van der Waals surface area contributed by atoms with Crippen molar-refractivity contribution in [3.63, 3.8) is 0 Å². The van der Waals surface area contributed by atoms with Crippen molar-refractivity contribution >= 4 is 5.91 Å². The molecule has 1 amide bonds. The van der Waals surface area contributed by atoms with Crippen LogP contribution < -0.4 is 5.73 Å². The van der Waals surface area contributed by atoms with E-state index >= 15 is 0 Å². The number of amides is 1. The summed E-state index contributed by atoms with van der Waals surface area (Å²) >= 11 is 0. The fourth-order valence-electron chi connectivity index (χ4n) is 1.06. The third-order valence-electron chi connectivity index (χ3n) is 2.34. The van der Waals surface area contributed by atoms with Gasteiger partial charge in [0.1, 0.15) is 0 Å². The highest BCUT2D eigenvalue weighted by Crippen LogP contribution is 2.03. The Morgan fingerprint density at radius 1 is 1.50 bits per heavy atom. The summed E-state index contributed by atoms with van der Waals surface area (Å²) in [4.78, 5) is 13.0. The molecule has 0 aliphatic carbocycles. The fourth-order valence-corrected chi connectivity index (χ4v) is 1.06. The molecule has 0 spiro atoms. The van der Waals surface area contributed by atoms with Gasteiger partial charge in [-0.3, -0.25) is 4.79 Å². The van der Waals surface area contributed by atoms with Crippen LogP contribution >= 0.6 is 0 Å². The molecule has 0 radical (unpaired) electrons. The lowest BCUT2D eigenvalue weighted by Gasteiger charge is -2.20. The highest BCUT2D eigenvalue weighted by molar-refractivity contribution is 5.87. The molecule has 82 valence electrons. The molecular formula is C11H22N2O. The molecule has 3 heteroatoms. The zero-order valence-electron chi connectivity index (χ0n) is 9.66. The second-order valence-electron chi connectivity index (χ2n) is 3.96. The van der Waals surface area contributed by atoms with E-state index in [0.717, 1.165) is 13.0 Å². The topological polar surface area (TPSA) is 46.3 Å². The predicted molar refractivity (Wildman–Crippen MR) is 59.9 cm³/mol. The molecule has 0 fully saturated rings. The summed E-state index contributed by atoms with van der Waals surface area (Å²) in [5.74, 6) is 0.517. The van der Waals surface area contributed by atoms with Crippen molar-refractivity contribution in [2.75, 3.05) is 13.6 Å². The first kappa shape index (κ1) is 13.2. The monoisotopic (exact) mass is 198 g/mol. The van der Waals surface area contributed by atoms with E-state index in [1.54, 1.807) is 24.1 Å². The first-order valence-electron chi connectivity index (χ1n) is 5.12. The van der Waals surface area contributed by atoms with E-state index in [1.807, 2.05) is 6.92 Å². The normalized spacial score (nSPS) is 13.6. The number of rotatable bonds is 5. The molecular weight excluding hydrogens is 176 g/mol. The van der Waals surface area contributed by atoms with E-state index in [1.165, 1.54) is 0 Å². The first-order chi connectivity index (χ1) is 6.49. The molecule has 0 heterocycles. The Hall–Kier alpha value is -0.830. The van der Waals surface area contributed by atoms with Gasteiger partial charge in [0.15, 0.2) is 0 Å². The lowest BCUT2D eigenvalue weighted by atomic mass is 10.0. The molecule has 0 saturated carbocycles. The van der Waals surface area contributed by atoms with Crippen LogP contribution in [0.5, 0.6) is 0 Å². The average Bonchev–Trinajstić information content (AvgIpc) is 2.13. The lowest BCUT2D eigenvalue weighted by molar-refractivity contribution is -0.124. The molecule has 3 nitrogen and oxygen atoms in total. The molecule has 1 unspecified atom stereocenters. The first-order valence-corrected chi connectivity index (χ1v) is 5.12. The van der Waals surface area contributed by atoms with Crippen molar-refractivity contribution in [3.05, 3.63) is 12.2 Å². The van der Waals surface area contributed by atoms with E-state index in [0.29, 0.717) is 5.92 Å². The fraction of sp³-hybridized carbons (Fsp3) is 0.727. The van der Waals surface area contributed by atoms with Crippen LogP contribution in [0.4, 0.5) is 0 Å². The minimum Gasteiger partial charge on any atom is -0.342 e. The minimum absolute atomic E-state index is 0.0449. The van der Waals surface area contributed by atoms with Gasteiger partial charge < -0.3 is 10.6 Å². The summed E-state index contributed by atoms with van der Waals surface area (Å²) in [5.41, 5.74) is 5.88. The average molecular weight is 198 g/mol. The molecule has 0 aromatic heterocycles. The van der Waals surface area contributed by atoms with Crippen molar-refractivity contribution in [1.82, 2.24) is 4.90 Å². The summed E-state index contributed by atoms with van der Waals surface area (Å²) in [7, 11) is 1.80. The summed E-state index contributed by atoms with van der Waals surface area (Å²) < 4.78 is 0. The number of hydrogen-bond acceptors (Lipinski definition) is 2. The van der Waals surface area contributed by atoms with Crippen LogP contribution in [0.25, 0.3) is 0 Å². The largest absolute Gasteiger partial charge is 0.342 e. The highest BCUT2D eigenvalue weighted by Gasteiger charge is 2.10. The predicted octanol–water partition coefficient (Wildman–Crippen LogP) is 1.39. The van der Waals surface area contributed by atoms with Crippen LogP contribution in [0, 0.1) is 5.92 Å². The third-order valence-corrected chi connectivity index (χ3v) is 2.34. The molecule has 0 aromatic rings. The number of likely N-dealkylation sites (N-methyl/N-ethyl adjacent to an activating group) is 1. The Labute approximate surface area is 87.0 Å². The number of hydrogen-bond donors (Lipinski definition) is 1. The number of nitrogens with zero attached hydrogens (tertiary/aromatic N) is 1. The molecule has 14 heavy (non-hydrogen) atoms. The lowest BCUT2D eigenvalue weighted by Crippen LogP contribution is -2.33. The van der Waals surface area contributed by atoms with Crippen LogP contribution in [0.2, 0.25) is 0 Å². The van der Waals surface area contributed by atoms with Crippen molar-refractivity contribution in [2.45, 2.75) is 33.2 Å². The molecule has 0 saturated heterocycles. The molecule has 0 aliphatic rings. The van der Waals surface area contributed by atoms with Crippen molar-refractivity contribution in [2.24, 2.45) is 11.7 Å². The van der Waals surface area contributed by atoms with Gasteiger partial charge in [-0.2, -0.15) is 0 Å². The molecule has 0 rings (SSSR count). The summed E-state index contributed by atoms with van der Waals surface area (Å²) in [5, 5.41) is 0.